The molecule has 112 valence electrons. The number of hydrogen-bond donors (Lipinski definition) is 2. The first-order chi connectivity index (χ1) is 9.67. The Bertz CT molecular complexity index is 427. The first-order valence-electron chi connectivity index (χ1n) is 6.49. The Labute approximate surface area is 128 Å². The summed E-state index contributed by atoms with van der Waals surface area (Å²) in [5.74, 6) is 0.592. The Kier molecular flexibility index (Phi) is 8.25. The van der Waals surface area contributed by atoms with Crippen LogP contribution in [-0.2, 0) is 16.1 Å². The Morgan fingerprint density at radius 3 is 2.90 bits per heavy atom. The minimum Gasteiger partial charge on any atom is -0.483 e. The van der Waals surface area contributed by atoms with E-state index >= 15 is 0 Å². The predicted molar refractivity (Wildman–Crippen MR) is 81.9 cm³/mol. The molecule has 5 nitrogen and oxygen atoms in total. The lowest BCUT2D eigenvalue weighted by Gasteiger charge is -2.12. The van der Waals surface area contributed by atoms with Crippen LogP contribution in [0.4, 0.5) is 0 Å². The van der Waals surface area contributed by atoms with Gasteiger partial charge in [-0.3, -0.25) is 4.79 Å². The number of carbonyl (C=O) groups excluding carboxylic acids is 1. The summed E-state index contributed by atoms with van der Waals surface area (Å²) in [5.41, 5.74) is 1.01. The van der Waals surface area contributed by atoms with E-state index in [0.717, 1.165) is 22.2 Å². The number of amides is 1. The molecule has 0 saturated heterocycles. The zero-order chi connectivity index (χ0) is 14.8. The molecule has 0 saturated carbocycles. The third-order valence-electron chi connectivity index (χ3n) is 2.60. The summed E-state index contributed by atoms with van der Waals surface area (Å²) in [6.45, 7) is 1.94. The molecule has 2 N–H and O–H groups in total. The number of hydrogen-bond acceptors (Lipinski definition) is 4. The van der Waals surface area contributed by atoms with Crippen molar-refractivity contribution in [3.63, 3.8) is 0 Å². The van der Waals surface area contributed by atoms with Gasteiger partial charge in [0.05, 0.1) is 0 Å². The van der Waals surface area contributed by atoms with E-state index in [-0.39, 0.29) is 12.5 Å². The molecule has 0 aromatic heterocycles. The van der Waals surface area contributed by atoms with E-state index in [1.807, 2.05) is 25.2 Å². The molecule has 1 aromatic rings. The van der Waals surface area contributed by atoms with Crippen LogP contribution in [0.1, 0.15) is 12.0 Å². The predicted octanol–water partition coefficient (Wildman–Crippen LogP) is 1.70. The normalized spacial score (nSPS) is 10.3. The third kappa shape index (κ3) is 6.36. The topological polar surface area (TPSA) is 59.6 Å². The SMILES string of the molecule is CNCc1cc(Br)ccc1OCC(=O)NCCCOC. The second kappa shape index (κ2) is 9.74. The van der Waals surface area contributed by atoms with Crippen LogP contribution in [0.2, 0.25) is 0 Å². The third-order valence-corrected chi connectivity index (χ3v) is 3.09. The van der Waals surface area contributed by atoms with Crippen molar-refractivity contribution < 1.29 is 14.3 Å². The fourth-order valence-corrected chi connectivity index (χ4v) is 2.06. The maximum Gasteiger partial charge on any atom is 0.257 e. The molecule has 0 fully saturated rings. The molecule has 1 amide bonds. The molecule has 20 heavy (non-hydrogen) atoms. The molecular formula is C14H21BrN2O3. The van der Waals surface area contributed by atoms with Gasteiger partial charge in [0.1, 0.15) is 5.75 Å². The van der Waals surface area contributed by atoms with Gasteiger partial charge in [0, 0.05) is 36.8 Å². The number of nitrogens with one attached hydrogen (secondary N) is 2. The Morgan fingerprint density at radius 2 is 2.20 bits per heavy atom. The highest BCUT2D eigenvalue weighted by Gasteiger charge is 2.07. The zero-order valence-electron chi connectivity index (χ0n) is 11.9. The van der Waals surface area contributed by atoms with Crippen molar-refractivity contribution in [1.29, 1.82) is 0 Å². The molecule has 0 unspecified atom stereocenters. The summed E-state index contributed by atoms with van der Waals surface area (Å²) in [5, 5.41) is 5.85. The lowest BCUT2D eigenvalue weighted by atomic mass is 10.2. The standard InChI is InChI=1S/C14H21BrN2O3/c1-16-9-11-8-12(15)4-5-13(11)20-10-14(18)17-6-3-7-19-2/h4-5,8,16H,3,6-7,9-10H2,1-2H3,(H,17,18). The van der Waals surface area contributed by atoms with Crippen LogP contribution in [0.15, 0.2) is 22.7 Å². The number of rotatable bonds is 9. The van der Waals surface area contributed by atoms with Crippen LogP contribution < -0.4 is 15.4 Å². The molecule has 1 aromatic carbocycles. The second-order valence-electron chi connectivity index (χ2n) is 4.27. The van der Waals surface area contributed by atoms with Crippen molar-refractivity contribution in [2.75, 3.05) is 33.9 Å². The smallest absolute Gasteiger partial charge is 0.257 e. The summed E-state index contributed by atoms with van der Waals surface area (Å²) in [6.07, 6.45) is 0.797. The highest BCUT2D eigenvalue weighted by molar-refractivity contribution is 9.10. The fraction of sp³-hybridized carbons (Fsp3) is 0.500. The van der Waals surface area contributed by atoms with Crippen molar-refractivity contribution in [3.05, 3.63) is 28.2 Å². The van der Waals surface area contributed by atoms with Crippen LogP contribution >= 0.6 is 15.9 Å². The molecule has 0 spiro atoms. The van der Waals surface area contributed by atoms with Gasteiger partial charge in [-0.05, 0) is 31.7 Å². The number of ether oxygens (including phenoxy) is 2. The first-order valence-corrected chi connectivity index (χ1v) is 7.28. The quantitative estimate of drug-likeness (QED) is 0.669. The van der Waals surface area contributed by atoms with Gasteiger partial charge in [-0.15, -0.1) is 0 Å². The van der Waals surface area contributed by atoms with Gasteiger partial charge in [0.2, 0.25) is 0 Å². The number of benzene rings is 1. The van der Waals surface area contributed by atoms with E-state index in [1.54, 1.807) is 7.11 Å². The van der Waals surface area contributed by atoms with Crippen LogP contribution in [0.25, 0.3) is 0 Å². The van der Waals surface area contributed by atoms with Gasteiger partial charge in [0.25, 0.3) is 5.91 Å². The van der Waals surface area contributed by atoms with Crippen LogP contribution in [0.5, 0.6) is 5.75 Å². The maximum atomic E-state index is 11.6. The van der Waals surface area contributed by atoms with Crippen molar-refractivity contribution >= 4 is 21.8 Å². The molecule has 0 aliphatic carbocycles. The molecule has 0 radical (unpaired) electrons. The molecule has 0 bridgehead atoms. The summed E-state index contributed by atoms with van der Waals surface area (Å²) in [7, 11) is 3.51. The number of methoxy groups -OCH3 is 1. The van der Waals surface area contributed by atoms with E-state index in [1.165, 1.54) is 0 Å². The van der Waals surface area contributed by atoms with Gasteiger partial charge < -0.3 is 20.1 Å². The molecular weight excluding hydrogens is 324 g/mol. The molecule has 6 heteroatoms. The summed E-state index contributed by atoms with van der Waals surface area (Å²) >= 11 is 3.42. The van der Waals surface area contributed by atoms with E-state index < -0.39 is 0 Å². The van der Waals surface area contributed by atoms with E-state index in [2.05, 4.69) is 26.6 Å². The lowest BCUT2D eigenvalue weighted by Crippen LogP contribution is -2.30. The molecule has 1 rings (SSSR count). The van der Waals surface area contributed by atoms with Gasteiger partial charge in [0.15, 0.2) is 6.61 Å². The van der Waals surface area contributed by atoms with Crippen LogP contribution in [0.3, 0.4) is 0 Å². The fourth-order valence-electron chi connectivity index (χ4n) is 1.66. The monoisotopic (exact) mass is 344 g/mol. The number of halogens is 1. The van der Waals surface area contributed by atoms with Gasteiger partial charge in [-0.2, -0.15) is 0 Å². The maximum absolute atomic E-state index is 11.6. The average molecular weight is 345 g/mol. The second-order valence-corrected chi connectivity index (χ2v) is 5.18. The van der Waals surface area contributed by atoms with E-state index in [9.17, 15) is 4.79 Å². The van der Waals surface area contributed by atoms with Crippen molar-refractivity contribution in [2.24, 2.45) is 0 Å². The average Bonchev–Trinajstić information content (AvgIpc) is 2.43. The van der Waals surface area contributed by atoms with E-state index in [4.69, 9.17) is 9.47 Å². The summed E-state index contributed by atoms with van der Waals surface area (Å²) < 4.78 is 11.5. The molecule has 0 aliphatic rings. The highest BCUT2D eigenvalue weighted by atomic mass is 79.9. The Morgan fingerprint density at radius 1 is 1.40 bits per heavy atom. The van der Waals surface area contributed by atoms with Crippen molar-refractivity contribution in [1.82, 2.24) is 10.6 Å². The molecule has 0 aliphatic heterocycles. The highest BCUT2D eigenvalue weighted by Crippen LogP contribution is 2.23. The van der Waals surface area contributed by atoms with Crippen LogP contribution in [0, 0.1) is 0 Å². The molecule has 0 atom stereocenters. The van der Waals surface area contributed by atoms with Gasteiger partial charge in [-0.25, -0.2) is 0 Å². The van der Waals surface area contributed by atoms with Crippen molar-refractivity contribution in [3.8, 4) is 5.75 Å². The first kappa shape index (κ1) is 16.9. The summed E-state index contributed by atoms with van der Waals surface area (Å²) in [6, 6.07) is 5.72. The Hall–Kier alpha value is -1.11. The largest absolute Gasteiger partial charge is 0.483 e. The number of carbonyl (C=O) groups is 1. The van der Waals surface area contributed by atoms with Crippen molar-refractivity contribution in [2.45, 2.75) is 13.0 Å². The molecule has 0 heterocycles. The van der Waals surface area contributed by atoms with E-state index in [0.29, 0.717) is 19.7 Å². The lowest BCUT2D eigenvalue weighted by molar-refractivity contribution is -0.123. The van der Waals surface area contributed by atoms with Gasteiger partial charge in [-0.1, -0.05) is 15.9 Å². The Balaban J connectivity index is 2.42. The van der Waals surface area contributed by atoms with Gasteiger partial charge >= 0.3 is 0 Å². The minimum absolute atomic E-state index is 0.0192. The summed E-state index contributed by atoms with van der Waals surface area (Å²) in [4.78, 5) is 11.6. The van der Waals surface area contributed by atoms with Crippen LogP contribution in [-0.4, -0.2) is 39.8 Å². The zero-order valence-corrected chi connectivity index (χ0v) is 13.5. The minimum atomic E-state index is -0.126.